The summed E-state index contributed by atoms with van der Waals surface area (Å²) >= 11 is 0. The number of para-hydroxylation sites is 4. The van der Waals surface area contributed by atoms with Crippen LogP contribution in [0.25, 0.3) is 117 Å². The van der Waals surface area contributed by atoms with Crippen molar-refractivity contribution in [2.45, 2.75) is 12.0 Å². The van der Waals surface area contributed by atoms with Crippen molar-refractivity contribution in [1.82, 2.24) is 19.5 Å². The molecule has 2 atom stereocenters. The average Bonchev–Trinajstić information content (AvgIpc) is 4.11. The highest BCUT2D eigenvalue weighted by molar-refractivity contribution is 6.14. The summed E-state index contributed by atoms with van der Waals surface area (Å²) in [6.07, 6.45) is 6.42. The third kappa shape index (κ3) is 6.37. The highest BCUT2D eigenvalue weighted by Gasteiger charge is 2.40. The maximum absolute atomic E-state index is 7.09. The Hall–Kier alpha value is -9.13. The Bertz CT molecular complexity index is 4040. The Morgan fingerprint density at radius 1 is 0.391 bits per heavy atom. The van der Waals surface area contributed by atoms with E-state index in [1.807, 2.05) is 42.5 Å². The highest BCUT2D eigenvalue weighted by atomic mass is 16.5. The minimum Gasteiger partial charge on any atom is -0.484 e. The van der Waals surface area contributed by atoms with Crippen LogP contribution < -0.4 is 4.74 Å². The zero-order valence-electron chi connectivity index (χ0n) is 37.2. The fourth-order valence-corrected chi connectivity index (χ4v) is 10.6. The second-order valence-corrected chi connectivity index (χ2v) is 17.8. The summed E-state index contributed by atoms with van der Waals surface area (Å²) in [5, 5.41) is 4.44. The smallest absolute Gasteiger partial charge is 0.167 e. The number of allylic oxidation sites excluding steroid dienone is 2. The lowest BCUT2D eigenvalue weighted by atomic mass is 9.87. The van der Waals surface area contributed by atoms with Gasteiger partial charge in [0.05, 0.1) is 22.5 Å². The highest BCUT2D eigenvalue weighted by Crippen LogP contribution is 2.53. The second-order valence-electron chi connectivity index (χ2n) is 17.8. The first kappa shape index (κ1) is 39.1. The summed E-state index contributed by atoms with van der Waals surface area (Å²) in [4.78, 5) is 15.3. The fraction of sp³-hybridized carbons (Fsp3) is 0.0317. The molecule has 0 amide bonds. The maximum Gasteiger partial charge on any atom is 0.167 e. The molecule has 0 saturated carbocycles. The van der Waals surface area contributed by atoms with Gasteiger partial charge in [0.25, 0.3) is 0 Å². The van der Waals surface area contributed by atoms with Gasteiger partial charge in [-0.25, -0.2) is 15.0 Å². The van der Waals surface area contributed by atoms with E-state index in [4.69, 9.17) is 24.1 Å². The zero-order chi connectivity index (χ0) is 45.4. The van der Waals surface area contributed by atoms with E-state index in [9.17, 15) is 0 Å². The van der Waals surface area contributed by atoms with Gasteiger partial charge >= 0.3 is 0 Å². The Morgan fingerprint density at radius 2 is 0.913 bits per heavy atom. The molecule has 12 aromatic rings. The van der Waals surface area contributed by atoms with E-state index in [0.29, 0.717) is 23.1 Å². The van der Waals surface area contributed by atoms with Gasteiger partial charge in [-0.2, -0.15) is 0 Å². The lowest BCUT2D eigenvalue weighted by molar-refractivity contribution is 0.271. The molecule has 2 unspecified atom stereocenters. The largest absolute Gasteiger partial charge is 0.484 e. The molecular weight excluding hydrogens is 845 g/mol. The summed E-state index contributed by atoms with van der Waals surface area (Å²) in [6.45, 7) is 0. The molecule has 69 heavy (non-hydrogen) atoms. The second kappa shape index (κ2) is 15.8. The van der Waals surface area contributed by atoms with E-state index < -0.39 is 0 Å². The fourth-order valence-electron chi connectivity index (χ4n) is 10.6. The number of nitrogens with zero attached hydrogens (tertiary/aromatic N) is 4. The van der Waals surface area contributed by atoms with Crippen LogP contribution in [0.15, 0.2) is 235 Å². The van der Waals surface area contributed by atoms with Crippen LogP contribution in [0.2, 0.25) is 0 Å². The minimum atomic E-state index is -0.186. The molecule has 0 saturated heterocycles. The number of benzene rings is 9. The van der Waals surface area contributed by atoms with E-state index in [1.54, 1.807) is 0 Å². The van der Waals surface area contributed by atoms with Crippen molar-refractivity contribution in [3.63, 3.8) is 0 Å². The van der Waals surface area contributed by atoms with Gasteiger partial charge in [-0.3, -0.25) is 0 Å². The number of aromatic nitrogens is 4. The van der Waals surface area contributed by atoms with E-state index >= 15 is 0 Å². The van der Waals surface area contributed by atoms with Gasteiger partial charge < -0.3 is 13.7 Å². The van der Waals surface area contributed by atoms with Crippen LogP contribution in [0, 0.1) is 0 Å². The lowest BCUT2D eigenvalue weighted by Crippen LogP contribution is -2.22. The number of ether oxygens (including phenoxy) is 1. The van der Waals surface area contributed by atoms with Crippen LogP contribution in [0.3, 0.4) is 0 Å². The van der Waals surface area contributed by atoms with E-state index in [2.05, 4.69) is 193 Å². The number of fused-ring (bicyclic) bond motifs is 9. The Labute approximate surface area is 397 Å². The first-order chi connectivity index (χ1) is 34.2. The first-order valence-corrected chi connectivity index (χ1v) is 23.4. The Balaban J connectivity index is 0.883. The predicted molar refractivity (Wildman–Crippen MR) is 280 cm³/mol. The van der Waals surface area contributed by atoms with Crippen LogP contribution in [0.1, 0.15) is 11.5 Å². The van der Waals surface area contributed by atoms with Crippen LogP contribution in [0.4, 0.5) is 0 Å². The topological polar surface area (TPSA) is 66.0 Å². The van der Waals surface area contributed by atoms with Crippen LogP contribution >= 0.6 is 0 Å². The molecule has 6 heteroatoms. The third-order valence-electron chi connectivity index (χ3n) is 13.9. The van der Waals surface area contributed by atoms with Crippen molar-refractivity contribution in [2.75, 3.05) is 0 Å². The third-order valence-corrected chi connectivity index (χ3v) is 13.9. The molecule has 324 valence electrons. The molecule has 0 spiro atoms. The zero-order valence-corrected chi connectivity index (χ0v) is 37.2. The molecule has 4 heterocycles. The normalized spacial score (nSPS) is 15.1. The number of hydrogen-bond donors (Lipinski definition) is 0. The maximum atomic E-state index is 7.09. The van der Waals surface area contributed by atoms with Crippen molar-refractivity contribution in [3.8, 4) is 73.3 Å². The van der Waals surface area contributed by atoms with E-state index in [1.165, 1.54) is 38.6 Å². The summed E-state index contributed by atoms with van der Waals surface area (Å²) in [7, 11) is 0. The Morgan fingerprint density at radius 3 is 1.65 bits per heavy atom. The van der Waals surface area contributed by atoms with Gasteiger partial charge in [0.15, 0.2) is 17.5 Å². The Kier molecular flexibility index (Phi) is 8.92. The molecule has 0 N–H and O–H groups in total. The van der Waals surface area contributed by atoms with Crippen molar-refractivity contribution >= 4 is 49.4 Å². The molecule has 1 aliphatic carbocycles. The molecule has 1 aliphatic heterocycles. The van der Waals surface area contributed by atoms with Crippen molar-refractivity contribution in [2.24, 2.45) is 0 Å². The molecule has 2 aliphatic rings. The quantitative estimate of drug-likeness (QED) is 0.159. The molecule has 6 nitrogen and oxygen atoms in total. The number of furan rings is 1. The standard InChI is InChI=1S/C63H40N4O2/c1-4-16-39(17-5-1)41-32-34-43(35-33-41)62-64-61(42-20-8-3-9-21-42)65-63(66-62)51-28-14-26-49-47-24-12-23-46(58(47)69-60(49)51)48-25-13-27-50-57-55(30-15-31-56(57)68-59(48)50)67-53-29-11-10-22-45(53)52-38-44(36-37-54(52)67)40-18-6-2-7-19-40/h1-38,56-57H. The van der Waals surface area contributed by atoms with Crippen molar-refractivity contribution in [3.05, 3.63) is 236 Å². The van der Waals surface area contributed by atoms with Crippen LogP contribution in [-0.4, -0.2) is 25.6 Å². The van der Waals surface area contributed by atoms with E-state index in [-0.39, 0.29) is 12.0 Å². The monoisotopic (exact) mass is 884 g/mol. The summed E-state index contributed by atoms with van der Waals surface area (Å²) in [5.41, 5.74) is 15.4. The number of hydrogen-bond acceptors (Lipinski definition) is 5. The summed E-state index contributed by atoms with van der Waals surface area (Å²) in [5.74, 6) is 2.56. The minimum absolute atomic E-state index is 0.0365. The summed E-state index contributed by atoms with van der Waals surface area (Å²) < 4.78 is 16.6. The molecule has 0 bridgehead atoms. The van der Waals surface area contributed by atoms with Crippen LogP contribution in [-0.2, 0) is 0 Å². The van der Waals surface area contributed by atoms with Crippen molar-refractivity contribution < 1.29 is 9.15 Å². The molecule has 0 fully saturated rings. The SMILES string of the molecule is C1=CC2Oc3c(-c4cccc5c4oc4c(-c6nc(-c7ccccc7)nc(-c7ccc(-c8ccccc8)cc7)n6)cccc45)cccc3C2C(n2c3ccccc3c3cc(-c4ccccc4)ccc32)=C1. The van der Waals surface area contributed by atoms with E-state index in [0.717, 1.165) is 66.6 Å². The first-order valence-electron chi connectivity index (χ1n) is 23.4. The lowest BCUT2D eigenvalue weighted by Gasteiger charge is -2.25. The molecule has 0 radical (unpaired) electrons. The molecule has 14 rings (SSSR count). The van der Waals surface area contributed by atoms with Gasteiger partial charge in [-0.1, -0.05) is 194 Å². The molecule has 9 aromatic carbocycles. The van der Waals surface area contributed by atoms with Gasteiger partial charge in [0.1, 0.15) is 23.0 Å². The molecular formula is C63H40N4O2. The van der Waals surface area contributed by atoms with Crippen molar-refractivity contribution in [1.29, 1.82) is 0 Å². The van der Waals surface area contributed by atoms with Gasteiger partial charge in [-0.15, -0.1) is 0 Å². The number of rotatable bonds is 7. The molecule has 3 aromatic heterocycles. The summed E-state index contributed by atoms with van der Waals surface area (Å²) in [6, 6.07) is 74.2. The predicted octanol–water partition coefficient (Wildman–Crippen LogP) is 15.8. The average molecular weight is 885 g/mol. The van der Waals surface area contributed by atoms with Gasteiger partial charge in [0.2, 0.25) is 0 Å². The van der Waals surface area contributed by atoms with Gasteiger partial charge in [0, 0.05) is 55.1 Å². The van der Waals surface area contributed by atoms with Crippen LogP contribution in [0.5, 0.6) is 5.75 Å². The van der Waals surface area contributed by atoms with Gasteiger partial charge in [-0.05, 0) is 58.7 Å².